The Morgan fingerprint density at radius 2 is 1.93 bits per heavy atom. The zero-order chi connectivity index (χ0) is 18.5. The molecule has 27 heavy (non-hydrogen) atoms. The van der Waals surface area contributed by atoms with Gasteiger partial charge in [0.05, 0.1) is 31.2 Å². The average molecular weight is 368 g/mol. The lowest BCUT2D eigenvalue weighted by molar-refractivity contribution is -0.141. The van der Waals surface area contributed by atoms with Crippen molar-refractivity contribution >= 4 is 5.91 Å². The number of aromatic nitrogens is 2. The molecule has 6 nitrogen and oxygen atoms in total. The van der Waals surface area contributed by atoms with E-state index in [1.807, 2.05) is 23.5 Å². The Labute approximate surface area is 160 Å². The molecule has 6 heteroatoms. The fourth-order valence-corrected chi connectivity index (χ4v) is 4.07. The standard InChI is InChI=1S/C21H28N4O2/c26-21(24-9-11-27-12-10-24)19-7-4-8-23(15-19)16-20-13-22-17-25(20)14-18-5-2-1-3-6-18/h1-3,5-6,13,17,19H,4,7-12,14-16H2. The number of morpholine rings is 1. The molecule has 1 atom stereocenters. The van der Waals surface area contributed by atoms with Crippen LogP contribution >= 0.6 is 0 Å². The molecule has 2 aromatic rings. The first-order valence-corrected chi connectivity index (χ1v) is 9.91. The number of ether oxygens (including phenoxy) is 1. The number of carbonyl (C=O) groups excluding carboxylic acids is 1. The Bertz CT molecular complexity index is 740. The van der Waals surface area contributed by atoms with Gasteiger partial charge in [-0.15, -0.1) is 0 Å². The second-order valence-corrected chi connectivity index (χ2v) is 7.51. The lowest BCUT2D eigenvalue weighted by Crippen LogP contribution is -2.48. The lowest BCUT2D eigenvalue weighted by atomic mass is 9.96. The fourth-order valence-electron chi connectivity index (χ4n) is 4.07. The monoisotopic (exact) mass is 368 g/mol. The molecule has 2 aliphatic rings. The number of hydrogen-bond acceptors (Lipinski definition) is 4. The quantitative estimate of drug-likeness (QED) is 0.810. The highest BCUT2D eigenvalue weighted by molar-refractivity contribution is 5.79. The SMILES string of the molecule is O=C(C1CCCN(Cc2cncn2Cc2ccccc2)C1)N1CCOCC1. The number of amides is 1. The van der Waals surface area contributed by atoms with Crippen molar-refractivity contribution in [2.24, 2.45) is 5.92 Å². The third-order valence-electron chi connectivity index (χ3n) is 5.56. The predicted molar refractivity (Wildman–Crippen MR) is 103 cm³/mol. The summed E-state index contributed by atoms with van der Waals surface area (Å²) in [6.07, 6.45) is 5.93. The van der Waals surface area contributed by atoms with E-state index in [0.29, 0.717) is 19.1 Å². The Kier molecular flexibility index (Phi) is 5.84. The minimum atomic E-state index is 0.113. The molecule has 0 bridgehead atoms. The summed E-state index contributed by atoms with van der Waals surface area (Å²) in [6.45, 7) is 6.37. The third-order valence-corrected chi connectivity index (χ3v) is 5.56. The number of likely N-dealkylation sites (tertiary alicyclic amines) is 1. The largest absolute Gasteiger partial charge is 0.378 e. The molecule has 1 unspecified atom stereocenters. The minimum Gasteiger partial charge on any atom is -0.378 e. The van der Waals surface area contributed by atoms with Crippen molar-refractivity contribution in [3.63, 3.8) is 0 Å². The molecule has 3 heterocycles. The predicted octanol–water partition coefficient (Wildman–Crippen LogP) is 2.00. The first-order valence-electron chi connectivity index (χ1n) is 9.91. The molecule has 0 saturated carbocycles. The smallest absolute Gasteiger partial charge is 0.227 e. The number of piperidine rings is 1. The number of imidazole rings is 1. The third kappa shape index (κ3) is 4.57. The molecule has 1 aromatic heterocycles. The van der Waals surface area contributed by atoms with Gasteiger partial charge in [0.15, 0.2) is 0 Å². The van der Waals surface area contributed by atoms with E-state index in [2.05, 4.69) is 38.7 Å². The van der Waals surface area contributed by atoms with Crippen LogP contribution in [0.2, 0.25) is 0 Å². The topological polar surface area (TPSA) is 50.6 Å². The van der Waals surface area contributed by atoms with E-state index < -0.39 is 0 Å². The van der Waals surface area contributed by atoms with E-state index in [-0.39, 0.29) is 5.92 Å². The maximum Gasteiger partial charge on any atom is 0.227 e. The Balaban J connectivity index is 1.37. The van der Waals surface area contributed by atoms with Crippen LogP contribution in [0.3, 0.4) is 0 Å². The summed E-state index contributed by atoms with van der Waals surface area (Å²) in [5.41, 5.74) is 2.48. The van der Waals surface area contributed by atoms with E-state index in [1.54, 1.807) is 0 Å². The molecular formula is C21H28N4O2. The van der Waals surface area contributed by atoms with E-state index in [1.165, 1.54) is 11.3 Å². The summed E-state index contributed by atoms with van der Waals surface area (Å²) < 4.78 is 7.59. The first-order chi connectivity index (χ1) is 13.3. The Morgan fingerprint density at radius 1 is 1.11 bits per heavy atom. The number of carbonyl (C=O) groups is 1. The molecule has 0 aliphatic carbocycles. The van der Waals surface area contributed by atoms with Gasteiger partial charge in [-0.1, -0.05) is 30.3 Å². The van der Waals surface area contributed by atoms with Crippen LogP contribution in [-0.2, 0) is 22.6 Å². The molecule has 2 aliphatic heterocycles. The van der Waals surface area contributed by atoms with Crippen LogP contribution in [0, 0.1) is 5.92 Å². The maximum atomic E-state index is 12.8. The molecule has 0 radical (unpaired) electrons. The number of nitrogens with zero attached hydrogens (tertiary/aromatic N) is 4. The zero-order valence-electron chi connectivity index (χ0n) is 15.8. The van der Waals surface area contributed by atoms with E-state index in [0.717, 1.165) is 52.1 Å². The summed E-state index contributed by atoms with van der Waals surface area (Å²) >= 11 is 0. The lowest BCUT2D eigenvalue weighted by Gasteiger charge is -2.36. The minimum absolute atomic E-state index is 0.113. The second-order valence-electron chi connectivity index (χ2n) is 7.51. The van der Waals surface area contributed by atoms with Crippen LogP contribution < -0.4 is 0 Å². The van der Waals surface area contributed by atoms with Crippen LogP contribution in [0.15, 0.2) is 42.9 Å². The van der Waals surface area contributed by atoms with Crippen molar-refractivity contribution in [2.45, 2.75) is 25.9 Å². The summed E-state index contributed by atoms with van der Waals surface area (Å²) in [4.78, 5) is 21.6. The first kappa shape index (κ1) is 18.2. The fraction of sp³-hybridized carbons (Fsp3) is 0.524. The molecule has 144 valence electrons. The molecule has 0 spiro atoms. The Hall–Kier alpha value is -2.18. The van der Waals surface area contributed by atoms with Crippen LogP contribution in [0.4, 0.5) is 0 Å². The number of rotatable bonds is 5. The summed E-state index contributed by atoms with van der Waals surface area (Å²) in [5, 5.41) is 0. The van der Waals surface area contributed by atoms with Gasteiger partial charge in [-0.25, -0.2) is 4.98 Å². The van der Waals surface area contributed by atoms with Gasteiger partial charge in [0, 0.05) is 38.9 Å². The van der Waals surface area contributed by atoms with Crippen molar-refractivity contribution in [1.82, 2.24) is 19.4 Å². The van der Waals surface area contributed by atoms with Crippen LogP contribution in [-0.4, -0.2) is 64.7 Å². The van der Waals surface area contributed by atoms with Crippen LogP contribution in [0.1, 0.15) is 24.1 Å². The van der Waals surface area contributed by atoms with Crippen molar-refractivity contribution in [3.05, 3.63) is 54.1 Å². The van der Waals surface area contributed by atoms with Crippen molar-refractivity contribution in [2.75, 3.05) is 39.4 Å². The van der Waals surface area contributed by atoms with Gasteiger partial charge >= 0.3 is 0 Å². The molecule has 2 saturated heterocycles. The summed E-state index contributed by atoms with van der Waals surface area (Å²) in [7, 11) is 0. The number of hydrogen-bond donors (Lipinski definition) is 0. The molecule has 4 rings (SSSR count). The van der Waals surface area contributed by atoms with Crippen LogP contribution in [0.25, 0.3) is 0 Å². The summed E-state index contributed by atoms with van der Waals surface area (Å²) in [6, 6.07) is 10.5. The highest BCUT2D eigenvalue weighted by atomic mass is 16.5. The van der Waals surface area contributed by atoms with E-state index >= 15 is 0 Å². The summed E-state index contributed by atoms with van der Waals surface area (Å²) in [5.74, 6) is 0.420. The van der Waals surface area contributed by atoms with Gasteiger partial charge in [0.1, 0.15) is 0 Å². The Morgan fingerprint density at radius 3 is 2.74 bits per heavy atom. The normalized spacial score (nSPS) is 21.3. The van der Waals surface area contributed by atoms with E-state index in [9.17, 15) is 4.79 Å². The molecule has 1 amide bonds. The second kappa shape index (κ2) is 8.67. The van der Waals surface area contributed by atoms with Gasteiger partial charge in [0.25, 0.3) is 0 Å². The molecule has 0 N–H and O–H groups in total. The van der Waals surface area contributed by atoms with Crippen LogP contribution in [0.5, 0.6) is 0 Å². The maximum absolute atomic E-state index is 12.8. The zero-order valence-corrected chi connectivity index (χ0v) is 15.8. The average Bonchev–Trinajstić information content (AvgIpc) is 3.15. The number of benzene rings is 1. The van der Waals surface area contributed by atoms with E-state index in [4.69, 9.17) is 4.74 Å². The molecular weight excluding hydrogens is 340 g/mol. The highest BCUT2D eigenvalue weighted by Crippen LogP contribution is 2.21. The van der Waals surface area contributed by atoms with Gasteiger partial charge < -0.3 is 14.2 Å². The van der Waals surface area contributed by atoms with Gasteiger partial charge in [-0.05, 0) is 24.9 Å². The molecule has 1 aromatic carbocycles. The van der Waals surface area contributed by atoms with Crippen molar-refractivity contribution in [3.8, 4) is 0 Å². The van der Waals surface area contributed by atoms with Crippen molar-refractivity contribution < 1.29 is 9.53 Å². The van der Waals surface area contributed by atoms with Gasteiger partial charge in [-0.2, -0.15) is 0 Å². The van der Waals surface area contributed by atoms with Gasteiger partial charge in [-0.3, -0.25) is 9.69 Å². The highest BCUT2D eigenvalue weighted by Gasteiger charge is 2.30. The van der Waals surface area contributed by atoms with Gasteiger partial charge in [0.2, 0.25) is 5.91 Å². The molecule has 2 fully saturated rings. The van der Waals surface area contributed by atoms with Crippen molar-refractivity contribution in [1.29, 1.82) is 0 Å².